The predicted octanol–water partition coefficient (Wildman–Crippen LogP) is 1.19. The third-order valence-corrected chi connectivity index (χ3v) is 3.94. The van der Waals surface area contributed by atoms with E-state index in [0.29, 0.717) is 35.7 Å². The van der Waals surface area contributed by atoms with Crippen LogP contribution in [-0.4, -0.2) is 32.8 Å². The number of anilines is 1. The van der Waals surface area contributed by atoms with Crippen LogP contribution >= 0.6 is 12.6 Å². The Bertz CT molecular complexity index is 732. The molecule has 3 heterocycles. The van der Waals surface area contributed by atoms with Gasteiger partial charge in [-0.15, -0.1) is 0 Å². The molecular formula is C13H13N5OS. The van der Waals surface area contributed by atoms with Crippen LogP contribution in [0.4, 0.5) is 5.82 Å². The molecule has 1 unspecified atom stereocenters. The number of carbonyl (C=O) groups is 1. The number of amides is 1. The molecule has 1 amide bonds. The summed E-state index contributed by atoms with van der Waals surface area (Å²) < 4.78 is 1.58. The Kier molecular flexibility index (Phi) is 3.10. The predicted molar refractivity (Wildman–Crippen MR) is 76.8 cm³/mol. The van der Waals surface area contributed by atoms with E-state index >= 15 is 0 Å². The van der Waals surface area contributed by atoms with Crippen LogP contribution in [0.15, 0.2) is 12.3 Å². The van der Waals surface area contributed by atoms with Crippen molar-refractivity contribution in [2.75, 3.05) is 17.2 Å². The summed E-state index contributed by atoms with van der Waals surface area (Å²) >= 11 is 4.26. The first-order valence-electron chi connectivity index (χ1n) is 6.30. The van der Waals surface area contributed by atoms with Crippen molar-refractivity contribution in [3.63, 3.8) is 0 Å². The van der Waals surface area contributed by atoms with Crippen molar-refractivity contribution in [1.82, 2.24) is 14.6 Å². The molecule has 7 heteroatoms. The van der Waals surface area contributed by atoms with Gasteiger partial charge < -0.3 is 0 Å². The molecule has 0 spiro atoms. The largest absolute Gasteiger partial charge is 0.295 e. The van der Waals surface area contributed by atoms with Crippen LogP contribution in [0.2, 0.25) is 0 Å². The average molecular weight is 287 g/mol. The Morgan fingerprint density at radius 3 is 3.05 bits per heavy atom. The summed E-state index contributed by atoms with van der Waals surface area (Å²) in [7, 11) is 0. The van der Waals surface area contributed by atoms with E-state index in [1.807, 2.05) is 13.0 Å². The first kappa shape index (κ1) is 12.9. The topological polar surface area (TPSA) is 74.3 Å². The van der Waals surface area contributed by atoms with Gasteiger partial charge in [-0.25, -0.2) is 4.98 Å². The summed E-state index contributed by atoms with van der Waals surface area (Å²) in [5.41, 5.74) is 1.79. The van der Waals surface area contributed by atoms with Crippen LogP contribution in [0.25, 0.3) is 5.65 Å². The number of carbonyl (C=O) groups excluding carboxylic acids is 1. The number of nitriles is 1. The quantitative estimate of drug-likeness (QED) is 0.842. The van der Waals surface area contributed by atoms with Gasteiger partial charge in [-0.2, -0.15) is 27.5 Å². The molecule has 0 bridgehead atoms. The number of nitrogens with zero attached hydrogens (tertiary/aromatic N) is 5. The molecule has 3 rings (SSSR count). The number of aryl methyl sites for hydroxylation is 1. The highest BCUT2D eigenvalue weighted by atomic mass is 32.1. The van der Waals surface area contributed by atoms with Crippen LogP contribution in [0, 0.1) is 24.2 Å². The molecule has 20 heavy (non-hydrogen) atoms. The summed E-state index contributed by atoms with van der Waals surface area (Å²) in [6.45, 7) is 2.42. The van der Waals surface area contributed by atoms with E-state index in [1.165, 1.54) is 6.20 Å². The monoisotopic (exact) mass is 287 g/mol. The lowest BCUT2D eigenvalue weighted by molar-refractivity contribution is -0.117. The Morgan fingerprint density at radius 2 is 2.40 bits per heavy atom. The smallest absolute Gasteiger partial charge is 0.228 e. The van der Waals surface area contributed by atoms with Gasteiger partial charge in [-0.1, -0.05) is 0 Å². The van der Waals surface area contributed by atoms with Crippen molar-refractivity contribution < 1.29 is 4.79 Å². The van der Waals surface area contributed by atoms with E-state index in [1.54, 1.807) is 9.42 Å². The fourth-order valence-corrected chi connectivity index (χ4v) is 2.73. The SMILES string of the molecule is Cc1cc2ncc(C#N)c(N3CC(CS)CC3=O)n2n1. The third kappa shape index (κ3) is 1.93. The maximum absolute atomic E-state index is 12.2. The number of hydrogen-bond acceptors (Lipinski definition) is 5. The second-order valence-electron chi connectivity index (χ2n) is 4.92. The fourth-order valence-electron chi connectivity index (χ4n) is 2.48. The lowest BCUT2D eigenvalue weighted by Gasteiger charge is -2.18. The number of fused-ring (bicyclic) bond motifs is 1. The van der Waals surface area contributed by atoms with E-state index in [4.69, 9.17) is 0 Å². The molecular weight excluding hydrogens is 274 g/mol. The number of hydrogen-bond donors (Lipinski definition) is 1. The minimum Gasteiger partial charge on any atom is -0.295 e. The lowest BCUT2D eigenvalue weighted by atomic mass is 10.1. The molecule has 2 aromatic heterocycles. The first-order valence-corrected chi connectivity index (χ1v) is 6.94. The van der Waals surface area contributed by atoms with Crippen molar-refractivity contribution in [2.45, 2.75) is 13.3 Å². The molecule has 1 fully saturated rings. The zero-order valence-electron chi connectivity index (χ0n) is 10.9. The fraction of sp³-hybridized carbons (Fsp3) is 0.385. The Labute approximate surface area is 121 Å². The summed E-state index contributed by atoms with van der Waals surface area (Å²) in [6.07, 6.45) is 1.95. The van der Waals surface area contributed by atoms with Crippen LogP contribution in [0.1, 0.15) is 17.7 Å². The van der Waals surface area contributed by atoms with Gasteiger partial charge in [0.1, 0.15) is 11.6 Å². The van der Waals surface area contributed by atoms with Crippen molar-refractivity contribution in [3.05, 3.63) is 23.5 Å². The van der Waals surface area contributed by atoms with Gasteiger partial charge in [0.05, 0.1) is 11.9 Å². The zero-order chi connectivity index (χ0) is 14.3. The van der Waals surface area contributed by atoms with Gasteiger partial charge in [-0.05, 0) is 18.6 Å². The second-order valence-corrected chi connectivity index (χ2v) is 5.29. The van der Waals surface area contributed by atoms with Crippen molar-refractivity contribution in [3.8, 4) is 6.07 Å². The van der Waals surface area contributed by atoms with E-state index in [0.717, 1.165) is 5.69 Å². The normalized spacial score (nSPS) is 18.8. The molecule has 1 aliphatic heterocycles. The molecule has 1 atom stereocenters. The summed E-state index contributed by atoms with van der Waals surface area (Å²) in [5.74, 6) is 1.37. The van der Waals surface area contributed by atoms with Crippen molar-refractivity contribution in [2.24, 2.45) is 5.92 Å². The van der Waals surface area contributed by atoms with Gasteiger partial charge in [0, 0.05) is 19.0 Å². The van der Waals surface area contributed by atoms with Gasteiger partial charge in [-0.3, -0.25) is 9.69 Å². The molecule has 0 N–H and O–H groups in total. The Morgan fingerprint density at radius 1 is 1.60 bits per heavy atom. The van der Waals surface area contributed by atoms with E-state index < -0.39 is 0 Å². The minimum absolute atomic E-state index is 0.00111. The third-order valence-electron chi connectivity index (χ3n) is 3.42. The number of rotatable bonds is 2. The van der Waals surface area contributed by atoms with Gasteiger partial charge in [0.2, 0.25) is 5.91 Å². The Hall–Kier alpha value is -2.07. The molecule has 0 saturated carbocycles. The minimum atomic E-state index is 0.00111. The second kappa shape index (κ2) is 4.80. The van der Waals surface area contributed by atoms with E-state index in [-0.39, 0.29) is 11.8 Å². The van der Waals surface area contributed by atoms with Crippen molar-refractivity contribution in [1.29, 1.82) is 5.26 Å². The van der Waals surface area contributed by atoms with Gasteiger partial charge in [0.25, 0.3) is 0 Å². The zero-order valence-corrected chi connectivity index (χ0v) is 11.8. The molecule has 0 aliphatic carbocycles. The van der Waals surface area contributed by atoms with E-state index in [9.17, 15) is 10.1 Å². The first-order chi connectivity index (χ1) is 9.63. The van der Waals surface area contributed by atoms with Crippen LogP contribution in [0.3, 0.4) is 0 Å². The molecule has 102 valence electrons. The molecule has 2 aromatic rings. The molecule has 1 aliphatic rings. The Balaban J connectivity index is 2.19. The summed E-state index contributed by atoms with van der Waals surface area (Å²) in [4.78, 5) is 18.0. The number of thiol groups is 1. The highest BCUT2D eigenvalue weighted by Gasteiger charge is 2.33. The molecule has 6 nitrogen and oxygen atoms in total. The molecule has 0 aromatic carbocycles. The average Bonchev–Trinajstić information content (AvgIpc) is 2.99. The highest BCUT2D eigenvalue weighted by molar-refractivity contribution is 7.80. The van der Waals surface area contributed by atoms with Crippen LogP contribution in [-0.2, 0) is 4.79 Å². The van der Waals surface area contributed by atoms with Gasteiger partial charge >= 0.3 is 0 Å². The van der Waals surface area contributed by atoms with Crippen LogP contribution in [0.5, 0.6) is 0 Å². The summed E-state index contributed by atoms with van der Waals surface area (Å²) in [6, 6.07) is 3.91. The molecule has 1 saturated heterocycles. The summed E-state index contributed by atoms with van der Waals surface area (Å²) in [5, 5.41) is 13.6. The van der Waals surface area contributed by atoms with Crippen molar-refractivity contribution >= 4 is 30.0 Å². The van der Waals surface area contributed by atoms with E-state index in [2.05, 4.69) is 28.8 Å². The maximum atomic E-state index is 12.2. The maximum Gasteiger partial charge on any atom is 0.228 e. The lowest BCUT2D eigenvalue weighted by Crippen LogP contribution is -2.28. The van der Waals surface area contributed by atoms with Gasteiger partial charge in [0.15, 0.2) is 11.5 Å². The highest BCUT2D eigenvalue weighted by Crippen LogP contribution is 2.28. The van der Waals surface area contributed by atoms with Crippen LogP contribution < -0.4 is 4.90 Å². The molecule has 0 radical (unpaired) electrons. The number of aromatic nitrogens is 3. The standard InChI is InChI=1S/C13H13N5OS/c1-8-2-11-15-5-10(4-14)13(18(11)16-8)17-6-9(7-20)3-12(17)19/h2,5,9,20H,3,6-7H2,1H3.